The molecule has 2 unspecified atom stereocenters. The third kappa shape index (κ3) is 6.22. The number of urea groups is 1. The van der Waals surface area contributed by atoms with Gasteiger partial charge < -0.3 is 20.7 Å². The van der Waals surface area contributed by atoms with Crippen molar-refractivity contribution in [1.82, 2.24) is 5.32 Å². The number of anilines is 2. The second-order valence-electron chi connectivity index (χ2n) is 10.9. The zero-order valence-electron chi connectivity index (χ0n) is 23.1. The van der Waals surface area contributed by atoms with Crippen LogP contribution in [0.3, 0.4) is 0 Å². The van der Waals surface area contributed by atoms with Gasteiger partial charge in [0, 0.05) is 22.8 Å². The summed E-state index contributed by atoms with van der Waals surface area (Å²) < 4.78 is 5.54. The maximum Gasteiger partial charge on any atom is 0.320 e. The van der Waals surface area contributed by atoms with Crippen molar-refractivity contribution < 1.29 is 19.1 Å². The summed E-state index contributed by atoms with van der Waals surface area (Å²) in [5, 5.41) is 2.95. The highest BCUT2D eigenvalue weighted by Gasteiger charge is 2.41. The van der Waals surface area contributed by atoms with Gasteiger partial charge in [-0.25, -0.2) is 4.79 Å². The lowest BCUT2D eigenvalue weighted by Crippen LogP contribution is -2.55. The number of methoxy groups -OCH3 is 1. The van der Waals surface area contributed by atoms with Crippen molar-refractivity contribution in [1.29, 1.82) is 0 Å². The van der Waals surface area contributed by atoms with Gasteiger partial charge in [0.15, 0.2) is 0 Å². The Morgan fingerprint density at radius 2 is 1.77 bits per heavy atom. The van der Waals surface area contributed by atoms with Crippen LogP contribution in [0.4, 0.5) is 16.2 Å². The highest BCUT2D eigenvalue weighted by atomic mass is 16.5. The molecule has 3 N–H and O–H groups in total. The van der Waals surface area contributed by atoms with E-state index in [0.29, 0.717) is 17.1 Å². The summed E-state index contributed by atoms with van der Waals surface area (Å²) in [4.78, 5) is 43.4. The molecular formula is C31H36N4O4. The molecule has 0 spiro atoms. The summed E-state index contributed by atoms with van der Waals surface area (Å²) in [6, 6.07) is 20.9. The first-order valence-corrected chi connectivity index (χ1v) is 13.0. The lowest BCUT2D eigenvalue weighted by Gasteiger charge is -2.33. The number of benzene rings is 3. The molecule has 0 saturated carbocycles. The molecule has 4 rings (SSSR count). The van der Waals surface area contributed by atoms with Crippen molar-refractivity contribution in [3.63, 3.8) is 0 Å². The van der Waals surface area contributed by atoms with Crippen LogP contribution in [0, 0.1) is 6.92 Å². The number of primary amides is 1. The van der Waals surface area contributed by atoms with Gasteiger partial charge in [0.1, 0.15) is 18.3 Å². The molecule has 0 bridgehead atoms. The largest absolute Gasteiger partial charge is 0.497 e. The molecule has 0 saturated heterocycles. The highest BCUT2D eigenvalue weighted by Crippen LogP contribution is 2.42. The number of ether oxygens (including phenoxy) is 1. The number of nitrogens with two attached hydrogens (primary N) is 1. The Hall–Kier alpha value is -4.33. The number of hydrogen-bond acceptors (Lipinski definition) is 4. The van der Waals surface area contributed by atoms with Gasteiger partial charge in [0.25, 0.3) is 5.91 Å². The lowest BCUT2D eigenvalue weighted by atomic mass is 9.85. The number of nitrogens with zero attached hydrogens (tertiary/aromatic N) is 2. The van der Waals surface area contributed by atoms with Crippen molar-refractivity contribution in [2.24, 2.45) is 5.73 Å². The fraction of sp³-hybridized carbons (Fsp3) is 0.323. The minimum absolute atomic E-state index is 0.214. The van der Waals surface area contributed by atoms with E-state index in [1.165, 1.54) is 9.80 Å². The quantitative estimate of drug-likeness (QED) is 0.482. The van der Waals surface area contributed by atoms with Crippen molar-refractivity contribution in [2.45, 2.75) is 51.6 Å². The molecule has 0 aliphatic carbocycles. The minimum atomic E-state index is -0.963. The Bertz CT molecular complexity index is 1370. The first-order valence-electron chi connectivity index (χ1n) is 13.0. The van der Waals surface area contributed by atoms with E-state index in [1.54, 1.807) is 25.3 Å². The van der Waals surface area contributed by atoms with Gasteiger partial charge in [-0.2, -0.15) is 0 Å². The van der Waals surface area contributed by atoms with Crippen LogP contribution in [-0.2, 0) is 9.59 Å². The zero-order chi connectivity index (χ0) is 28.3. The lowest BCUT2D eigenvalue weighted by molar-refractivity contribution is -0.125. The van der Waals surface area contributed by atoms with Crippen molar-refractivity contribution >= 4 is 29.2 Å². The molecule has 1 aliphatic rings. The topological polar surface area (TPSA) is 105 Å². The van der Waals surface area contributed by atoms with Crippen LogP contribution in [0.1, 0.15) is 49.8 Å². The van der Waals surface area contributed by atoms with Crippen LogP contribution in [0.2, 0.25) is 0 Å². The average Bonchev–Trinajstić information content (AvgIpc) is 2.98. The van der Waals surface area contributed by atoms with Crippen LogP contribution >= 0.6 is 0 Å². The van der Waals surface area contributed by atoms with E-state index in [4.69, 9.17) is 10.5 Å². The first-order chi connectivity index (χ1) is 18.5. The summed E-state index contributed by atoms with van der Waals surface area (Å²) in [7, 11) is 1.59. The molecule has 0 fully saturated rings. The number of rotatable bonds is 6. The fourth-order valence-corrected chi connectivity index (χ4v) is 5.15. The van der Waals surface area contributed by atoms with Gasteiger partial charge in [0.2, 0.25) is 5.91 Å². The van der Waals surface area contributed by atoms with E-state index >= 15 is 0 Å². The van der Waals surface area contributed by atoms with E-state index in [-0.39, 0.29) is 30.7 Å². The molecule has 8 nitrogen and oxygen atoms in total. The molecule has 1 heterocycles. The van der Waals surface area contributed by atoms with Gasteiger partial charge in [-0.1, -0.05) is 42.5 Å². The van der Waals surface area contributed by atoms with E-state index in [2.05, 4.69) is 5.32 Å². The number of fused-ring (bicyclic) bond motifs is 1. The molecular weight excluding hydrogens is 492 g/mol. The maximum atomic E-state index is 14.4. The maximum absolute atomic E-state index is 14.4. The molecule has 3 aromatic carbocycles. The van der Waals surface area contributed by atoms with Gasteiger partial charge in [-0.3, -0.25) is 14.5 Å². The third-order valence-electron chi connectivity index (χ3n) is 6.76. The van der Waals surface area contributed by atoms with E-state index < -0.39 is 17.6 Å². The fourth-order valence-electron chi connectivity index (χ4n) is 5.15. The Balaban J connectivity index is 1.92. The summed E-state index contributed by atoms with van der Waals surface area (Å²) in [6.45, 7) is 7.35. The number of nitrogens with one attached hydrogen (secondary N) is 1. The monoisotopic (exact) mass is 528 g/mol. The standard InChI is InChI=1S/C31H36N4O4/c1-20-10-9-13-22(16-20)35(30(32)38)27-18-24(21-11-7-6-8-12-21)25-17-23(39-5)14-15-26(25)34(29(27)37)19-28(36)33-31(2,3)4/h6-17,24,27H,18-19H2,1-5H3,(H2,32,38)(H,33,36). The first kappa shape index (κ1) is 27.7. The summed E-state index contributed by atoms with van der Waals surface area (Å²) in [5.74, 6) is -0.349. The van der Waals surface area contributed by atoms with Gasteiger partial charge in [-0.15, -0.1) is 0 Å². The second kappa shape index (κ2) is 11.2. The van der Waals surface area contributed by atoms with Crippen LogP contribution in [0.5, 0.6) is 5.75 Å². The predicted molar refractivity (Wildman–Crippen MR) is 153 cm³/mol. The number of carbonyl (C=O) groups excluding carboxylic acids is 3. The molecule has 0 radical (unpaired) electrons. The van der Waals surface area contributed by atoms with Crippen LogP contribution in [-0.4, -0.2) is 43.1 Å². The Morgan fingerprint density at radius 3 is 2.38 bits per heavy atom. The van der Waals surface area contributed by atoms with Crippen LogP contribution < -0.4 is 25.6 Å². The smallest absolute Gasteiger partial charge is 0.320 e. The molecule has 39 heavy (non-hydrogen) atoms. The van der Waals surface area contributed by atoms with E-state index in [1.807, 2.05) is 82.3 Å². The van der Waals surface area contributed by atoms with Crippen molar-refractivity contribution in [2.75, 3.05) is 23.5 Å². The molecule has 1 aliphatic heterocycles. The normalized spacial score (nSPS) is 17.2. The number of aryl methyl sites for hydroxylation is 1. The predicted octanol–water partition coefficient (Wildman–Crippen LogP) is 4.74. The molecule has 2 atom stereocenters. The molecule has 204 valence electrons. The average molecular weight is 529 g/mol. The third-order valence-corrected chi connectivity index (χ3v) is 6.76. The van der Waals surface area contributed by atoms with E-state index in [9.17, 15) is 14.4 Å². The molecule has 3 aromatic rings. The Morgan fingerprint density at radius 1 is 1.05 bits per heavy atom. The summed E-state index contributed by atoms with van der Waals surface area (Å²) in [6.07, 6.45) is 0.261. The summed E-state index contributed by atoms with van der Waals surface area (Å²) in [5.41, 5.74) is 9.30. The SMILES string of the molecule is COc1ccc2c(c1)C(c1ccccc1)CC(N(C(N)=O)c1cccc(C)c1)C(=O)N2CC(=O)NC(C)(C)C. The summed E-state index contributed by atoms with van der Waals surface area (Å²) >= 11 is 0. The van der Waals surface area contributed by atoms with Gasteiger partial charge >= 0.3 is 6.03 Å². The number of hydrogen-bond donors (Lipinski definition) is 2. The highest BCUT2D eigenvalue weighted by molar-refractivity contribution is 6.08. The number of carbonyl (C=O) groups is 3. The van der Waals surface area contributed by atoms with Gasteiger partial charge in [0.05, 0.1) is 7.11 Å². The Labute approximate surface area is 229 Å². The van der Waals surface area contributed by atoms with Crippen LogP contribution in [0.25, 0.3) is 0 Å². The second-order valence-corrected chi connectivity index (χ2v) is 10.9. The number of amides is 4. The van der Waals surface area contributed by atoms with Gasteiger partial charge in [-0.05, 0) is 81.1 Å². The molecule has 0 aromatic heterocycles. The van der Waals surface area contributed by atoms with Crippen molar-refractivity contribution in [3.05, 3.63) is 89.5 Å². The van der Waals surface area contributed by atoms with Crippen molar-refractivity contribution in [3.8, 4) is 5.75 Å². The molecule has 4 amide bonds. The zero-order valence-corrected chi connectivity index (χ0v) is 23.1. The van der Waals surface area contributed by atoms with E-state index in [0.717, 1.165) is 16.7 Å². The Kier molecular flexibility index (Phi) is 7.95. The minimum Gasteiger partial charge on any atom is -0.497 e. The van der Waals surface area contributed by atoms with Crippen LogP contribution in [0.15, 0.2) is 72.8 Å². The molecule has 8 heteroatoms.